The maximum atomic E-state index is 12.8. The molecule has 0 saturated carbocycles. The number of aromatic amines is 1. The molecule has 0 bridgehead atoms. The van der Waals surface area contributed by atoms with Crippen LogP contribution in [0, 0.1) is 0 Å². The number of nitrogens with zero attached hydrogens (tertiary/aromatic N) is 1. The number of rotatable bonds is 3. The van der Waals surface area contributed by atoms with E-state index in [2.05, 4.69) is 31.5 Å². The summed E-state index contributed by atoms with van der Waals surface area (Å²) in [5.74, 6) is -1.31. The number of imide groups is 1. The fourth-order valence-corrected chi connectivity index (χ4v) is 4.57. The molecule has 0 aliphatic carbocycles. The molecule has 31 heavy (non-hydrogen) atoms. The van der Waals surface area contributed by atoms with Gasteiger partial charge in [-0.25, -0.2) is 0 Å². The van der Waals surface area contributed by atoms with Gasteiger partial charge in [0.25, 0.3) is 11.8 Å². The summed E-state index contributed by atoms with van der Waals surface area (Å²) in [5, 5.41) is 6.06. The van der Waals surface area contributed by atoms with E-state index < -0.39 is 11.9 Å². The van der Waals surface area contributed by atoms with Crippen molar-refractivity contribution >= 4 is 56.1 Å². The first-order valence-corrected chi connectivity index (χ1v) is 10.6. The average Bonchev–Trinajstić information content (AvgIpc) is 3.31. The summed E-state index contributed by atoms with van der Waals surface area (Å²) in [7, 11) is 0. The predicted octanol–water partition coefficient (Wildman–Crippen LogP) is 2.94. The van der Waals surface area contributed by atoms with E-state index in [4.69, 9.17) is 0 Å². The molecule has 0 radical (unpaired) electrons. The van der Waals surface area contributed by atoms with Crippen LogP contribution in [0.4, 0.5) is 5.69 Å². The lowest BCUT2D eigenvalue weighted by molar-refractivity contribution is -0.136. The molecule has 5 rings (SSSR count). The summed E-state index contributed by atoms with van der Waals surface area (Å²) in [4.78, 5) is 53.6. The Labute approximate surface area is 185 Å². The lowest BCUT2D eigenvalue weighted by Gasteiger charge is -2.29. The molecule has 1 fully saturated rings. The minimum absolute atomic E-state index is 0.207. The molecule has 8 nitrogen and oxygen atoms in total. The zero-order valence-electron chi connectivity index (χ0n) is 16.2. The molecular weight excluding hydrogens is 464 g/mol. The summed E-state index contributed by atoms with van der Waals surface area (Å²) in [6.07, 6.45) is 0.516. The number of piperidine rings is 1. The molecule has 1 unspecified atom stereocenters. The van der Waals surface area contributed by atoms with Crippen molar-refractivity contribution in [3.63, 3.8) is 0 Å². The van der Waals surface area contributed by atoms with Crippen molar-refractivity contribution in [3.05, 3.63) is 63.8 Å². The fraction of sp³-hybridized carbons (Fsp3) is 0.182. The number of fused-ring (bicyclic) bond motifs is 2. The van der Waals surface area contributed by atoms with Crippen LogP contribution in [0.25, 0.3) is 10.9 Å². The number of nitrogens with one attached hydrogen (secondary N) is 3. The standard InChI is InChI=1S/C22H17BrN4O4/c23-15-3-1-2-11-9-16(25-19(11)15)20(29)24-13-4-5-14-12(8-13)10-27(22(14)31)17-6-7-18(28)26-21(17)30/h1-5,8-9,17,25H,6-7,10H2,(H,24,29)(H,26,28,30). The van der Waals surface area contributed by atoms with Crippen LogP contribution in [0.3, 0.4) is 0 Å². The van der Waals surface area contributed by atoms with E-state index in [0.29, 0.717) is 23.4 Å². The normalized spacial score (nSPS) is 18.3. The molecule has 156 valence electrons. The zero-order chi connectivity index (χ0) is 21.7. The van der Waals surface area contributed by atoms with Gasteiger partial charge in [0, 0.05) is 34.1 Å². The average molecular weight is 481 g/mol. The summed E-state index contributed by atoms with van der Waals surface area (Å²) in [5.41, 5.74) is 3.04. The number of halogens is 1. The second-order valence-corrected chi connectivity index (χ2v) is 8.47. The highest BCUT2D eigenvalue weighted by Crippen LogP contribution is 2.30. The second kappa shape index (κ2) is 7.35. The smallest absolute Gasteiger partial charge is 0.272 e. The number of H-pyrrole nitrogens is 1. The van der Waals surface area contributed by atoms with E-state index in [0.717, 1.165) is 20.9 Å². The van der Waals surface area contributed by atoms with Gasteiger partial charge in [0.1, 0.15) is 11.7 Å². The molecule has 1 aromatic heterocycles. The molecule has 1 atom stereocenters. The molecule has 3 N–H and O–H groups in total. The van der Waals surface area contributed by atoms with Crippen LogP contribution in [-0.2, 0) is 16.1 Å². The number of para-hydroxylation sites is 1. The number of carbonyl (C=O) groups is 4. The van der Waals surface area contributed by atoms with Crippen molar-refractivity contribution in [2.45, 2.75) is 25.4 Å². The molecule has 2 aromatic carbocycles. The first-order chi connectivity index (χ1) is 14.9. The van der Waals surface area contributed by atoms with Crippen molar-refractivity contribution < 1.29 is 19.2 Å². The largest absolute Gasteiger partial charge is 0.350 e. The lowest BCUT2D eigenvalue weighted by Crippen LogP contribution is -2.52. The number of anilines is 1. The van der Waals surface area contributed by atoms with Gasteiger partial charge in [0.05, 0.1) is 5.52 Å². The molecule has 3 heterocycles. The third-order valence-electron chi connectivity index (χ3n) is 5.63. The van der Waals surface area contributed by atoms with Gasteiger partial charge in [-0.15, -0.1) is 0 Å². The van der Waals surface area contributed by atoms with Gasteiger partial charge in [-0.2, -0.15) is 0 Å². The lowest BCUT2D eigenvalue weighted by atomic mass is 10.0. The maximum Gasteiger partial charge on any atom is 0.272 e. The van der Waals surface area contributed by atoms with Crippen LogP contribution < -0.4 is 10.6 Å². The van der Waals surface area contributed by atoms with Crippen molar-refractivity contribution in [3.8, 4) is 0 Å². The number of benzene rings is 2. The van der Waals surface area contributed by atoms with Crippen molar-refractivity contribution in [2.24, 2.45) is 0 Å². The van der Waals surface area contributed by atoms with E-state index in [1.165, 1.54) is 4.90 Å². The first-order valence-electron chi connectivity index (χ1n) is 9.77. The number of amides is 4. The zero-order valence-corrected chi connectivity index (χ0v) is 17.8. The van der Waals surface area contributed by atoms with Gasteiger partial charge < -0.3 is 15.2 Å². The molecule has 3 aromatic rings. The molecule has 2 aliphatic heterocycles. The van der Waals surface area contributed by atoms with Crippen molar-refractivity contribution in [1.82, 2.24) is 15.2 Å². The van der Waals surface area contributed by atoms with Gasteiger partial charge in [-0.3, -0.25) is 24.5 Å². The summed E-state index contributed by atoms with van der Waals surface area (Å²) < 4.78 is 0.869. The van der Waals surface area contributed by atoms with Crippen molar-refractivity contribution in [2.75, 3.05) is 5.32 Å². The van der Waals surface area contributed by atoms with Crippen LogP contribution in [0.2, 0.25) is 0 Å². The molecular formula is C22H17BrN4O4. The molecule has 4 amide bonds. The van der Waals surface area contributed by atoms with Gasteiger partial charge in [-0.05, 0) is 58.2 Å². The third kappa shape index (κ3) is 3.40. The highest BCUT2D eigenvalue weighted by atomic mass is 79.9. The van der Waals surface area contributed by atoms with E-state index >= 15 is 0 Å². The van der Waals surface area contributed by atoms with E-state index in [-0.39, 0.29) is 30.7 Å². The summed E-state index contributed by atoms with van der Waals surface area (Å²) >= 11 is 3.46. The van der Waals surface area contributed by atoms with Gasteiger partial charge in [0.2, 0.25) is 11.8 Å². The summed E-state index contributed by atoms with van der Waals surface area (Å²) in [6, 6.07) is 11.9. The highest BCUT2D eigenvalue weighted by molar-refractivity contribution is 9.10. The monoisotopic (exact) mass is 480 g/mol. The Morgan fingerprint density at radius 3 is 2.74 bits per heavy atom. The van der Waals surface area contributed by atoms with Crippen LogP contribution in [0.15, 0.2) is 46.9 Å². The highest BCUT2D eigenvalue weighted by Gasteiger charge is 2.39. The summed E-state index contributed by atoms with van der Waals surface area (Å²) in [6.45, 7) is 0.253. The minimum atomic E-state index is -0.666. The van der Waals surface area contributed by atoms with Crippen LogP contribution in [0.1, 0.15) is 39.3 Å². The maximum absolute atomic E-state index is 12.8. The Balaban J connectivity index is 1.35. The SMILES string of the molecule is O=C1CCC(N2Cc3cc(NC(=O)c4cc5cccc(Br)c5[nH]4)ccc3C2=O)C(=O)N1. The molecule has 0 spiro atoms. The van der Waals surface area contributed by atoms with Crippen LogP contribution in [0.5, 0.6) is 0 Å². The number of hydrogen-bond donors (Lipinski definition) is 3. The van der Waals surface area contributed by atoms with Gasteiger partial charge in [-0.1, -0.05) is 12.1 Å². The Morgan fingerprint density at radius 2 is 1.97 bits per heavy atom. The second-order valence-electron chi connectivity index (χ2n) is 7.61. The Hall–Kier alpha value is -3.46. The molecule has 1 saturated heterocycles. The third-order valence-corrected chi connectivity index (χ3v) is 6.29. The Kier molecular flexibility index (Phi) is 4.62. The fourth-order valence-electron chi connectivity index (χ4n) is 4.09. The molecule has 9 heteroatoms. The number of aromatic nitrogens is 1. The quantitative estimate of drug-likeness (QED) is 0.500. The first kappa shape index (κ1) is 19.5. The van der Waals surface area contributed by atoms with Crippen molar-refractivity contribution in [1.29, 1.82) is 0 Å². The van der Waals surface area contributed by atoms with Gasteiger partial charge in [0.15, 0.2) is 0 Å². The predicted molar refractivity (Wildman–Crippen MR) is 116 cm³/mol. The Morgan fingerprint density at radius 1 is 1.13 bits per heavy atom. The minimum Gasteiger partial charge on any atom is -0.350 e. The van der Waals surface area contributed by atoms with Crippen LogP contribution >= 0.6 is 15.9 Å². The van der Waals surface area contributed by atoms with E-state index in [1.54, 1.807) is 24.3 Å². The number of hydrogen-bond acceptors (Lipinski definition) is 4. The number of carbonyl (C=O) groups excluding carboxylic acids is 4. The van der Waals surface area contributed by atoms with Crippen LogP contribution in [-0.4, -0.2) is 39.6 Å². The van der Waals surface area contributed by atoms with E-state index in [9.17, 15) is 19.2 Å². The van der Waals surface area contributed by atoms with E-state index in [1.807, 2.05) is 18.2 Å². The molecule has 2 aliphatic rings. The topological polar surface area (TPSA) is 111 Å². The van der Waals surface area contributed by atoms with Gasteiger partial charge >= 0.3 is 0 Å². The Bertz CT molecular complexity index is 1280.